The number of carbonyl (C=O) groups excluding carboxylic acids is 1. The van der Waals surface area contributed by atoms with Crippen LogP contribution in [0, 0.1) is 0 Å². The lowest BCUT2D eigenvalue weighted by atomic mass is 10.0. The second-order valence-electron chi connectivity index (χ2n) is 6.69. The van der Waals surface area contributed by atoms with Crippen LogP contribution < -0.4 is 5.32 Å². The number of nitrogens with zero attached hydrogens (tertiary/aromatic N) is 3. The Hall–Kier alpha value is -3.44. The molecule has 0 spiro atoms. The molecule has 0 saturated carbocycles. The van der Waals surface area contributed by atoms with Crippen LogP contribution in [0.4, 0.5) is 0 Å². The van der Waals surface area contributed by atoms with E-state index in [1.807, 2.05) is 78.4 Å². The van der Waals surface area contributed by atoms with Crippen LogP contribution in [0.25, 0.3) is 16.8 Å². The van der Waals surface area contributed by atoms with E-state index in [0.29, 0.717) is 10.6 Å². The first-order chi connectivity index (χ1) is 14.1. The fraction of sp³-hybridized carbons (Fsp3) is 0.0870. The summed E-state index contributed by atoms with van der Waals surface area (Å²) in [4.78, 5) is 21.1. The predicted octanol–water partition coefficient (Wildman–Crippen LogP) is 5.08. The molecule has 144 valence electrons. The van der Waals surface area contributed by atoms with Gasteiger partial charge in [-0.1, -0.05) is 23.7 Å². The third kappa shape index (κ3) is 4.36. The number of halogens is 1. The molecule has 0 radical (unpaired) electrons. The molecule has 0 aliphatic rings. The third-order valence-electron chi connectivity index (χ3n) is 4.68. The first kappa shape index (κ1) is 18.9. The number of rotatable bonds is 5. The molecular weight excluding hydrogens is 384 g/mol. The summed E-state index contributed by atoms with van der Waals surface area (Å²) in [7, 11) is 0. The van der Waals surface area contributed by atoms with Crippen molar-refractivity contribution in [3.8, 4) is 16.8 Å². The Morgan fingerprint density at radius 2 is 1.62 bits per heavy atom. The Kier molecular flexibility index (Phi) is 5.40. The van der Waals surface area contributed by atoms with Crippen molar-refractivity contribution in [2.75, 3.05) is 0 Å². The Morgan fingerprint density at radius 1 is 0.966 bits per heavy atom. The first-order valence-corrected chi connectivity index (χ1v) is 9.59. The number of imidazole rings is 1. The number of aromatic nitrogens is 3. The normalized spacial score (nSPS) is 11.8. The molecule has 29 heavy (non-hydrogen) atoms. The molecule has 0 aliphatic heterocycles. The molecule has 1 unspecified atom stereocenters. The molecule has 6 heteroatoms. The molecule has 4 rings (SSSR count). The predicted molar refractivity (Wildman–Crippen MR) is 114 cm³/mol. The van der Waals surface area contributed by atoms with Gasteiger partial charge in [-0.2, -0.15) is 0 Å². The molecule has 5 nitrogen and oxygen atoms in total. The van der Waals surface area contributed by atoms with Gasteiger partial charge < -0.3 is 9.88 Å². The lowest BCUT2D eigenvalue weighted by Gasteiger charge is -2.12. The summed E-state index contributed by atoms with van der Waals surface area (Å²) in [5, 5.41) is 3.68. The molecule has 1 atom stereocenters. The second-order valence-corrected chi connectivity index (χ2v) is 7.13. The van der Waals surface area contributed by atoms with Gasteiger partial charge >= 0.3 is 0 Å². The molecule has 0 fully saturated rings. The van der Waals surface area contributed by atoms with Gasteiger partial charge in [0.15, 0.2) is 0 Å². The first-order valence-electron chi connectivity index (χ1n) is 9.21. The van der Waals surface area contributed by atoms with Crippen molar-refractivity contribution in [3.63, 3.8) is 0 Å². The molecular formula is C23H19ClN4O. The Balaban J connectivity index is 1.44. The highest BCUT2D eigenvalue weighted by molar-refractivity contribution is 6.30. The van der Waals surface area contributed by atoms with Crippen molar-refractivity contribution in [1.29, 1.82) is 0 Å². The van der Waals surface area contributed by atoms with Crippen molar-refractivity contribution in [2.45, 2.75) is 13.0 Å². The van der Waals surface area contributed by atoms with Crippen molar-refractivity contribution < 1.29 is 4.79 Å². The van der Waals surface area contributed by atoms with E-state index in [9.17, 15) is 4.79 Å². The van der Waals surface area contributed by atoms with Gasteiger partial charge in [0.05, 0.1) is 18.1 Å². The number of carbonyl (C=O) groups is 1. The summed E-state index contributed by atoms with van der Waals surface area (Å²) in [6, 6.07) is 18.7. The minimum atomic E-state index is -0.226. The summed E-state index contributed by atoms with van der Waals surface area (Å²) in [5.41, 5.74) is 4.44. The number of amides is 1. The topological polar surface area (TPSA) is 59.8 Å². The third-order valence-corrected chi connectivity index (χ3v) is 4.93. The highest BCUT2D eigenvalue weighted by atomic mass is 35.5. The van der Waals surface area contributed by atoms with Crippen molar-refractivity contribution >= 4 is 17.5 Å². The van der Waals surface area contributed by atoms with Gasteiger partial charge in [-0.25, -0.2) is 4.98 Å². The summed E-state index contributed by atoms with van der Waals surface area (Å²) < 4.78 is 1.90. The highest BCUT2D eigenvalue weighted by Gasteiger charge is 2.14. The highest BCUT2D eigenvalue weighted by Crippen LogP contribution is 2.20. The van der Waals surface area contributed by atoms with Crippen molar-refractivity contribution in [1.82, 2.24) is 19.9 Å². The minimum absolute atomic E-state index is 0.139. The van der Waals surface area contributed by atoms with E-state index in [-0.39, 0.29) is 11.9 Å². The zero-order chi connectivity index (χ0) is 20.2. The average Bonchev–Trinajstić information content (AvgIpc) is 3.25. The lowest BCUT2D eigenvalue weighted by Crippen LogP contribution is -2.26. The van der Waals surface area contributed by atoms with E-state index < -0.39 is 0 Å². The maximum absolute atomic E-state index is 12.6. The van der Waals surface area contributed by atoms with E-state index in [2.05, 4.69) is 15.3 Å². The van der Waals surface area contributed by atoms with Crippen LogP contribution in [0.15, 0.2) is 85.6 Å². The van der Waals surface area contributed by atoms with Gasteiger partial charge in [0.25, 0.3) is 5.91 Å². The summed E-state index contributed by atoms with van der Waals surface area (Å²) >= 11 is 5.94. The van der Waals surface area contributed by atoms with Gasteiger partial charge in [-0.05, 0) is 66.6 Å². The smallest absolute Gasteiger partial charge is 0.251 e. The zero-order valence-electron chi connectivity index (χ0n) is 15.8. The van der Waals surface area contributed by atoms with Crippen LogP contribution >= 0.6 is 11.6 Å². The number of pyridine rings is 1. The lowest BCUT2D eigenvalue weighted by molar-refractivity contribution is 0.0939. The number of hydrogen-bond donors (Lipinski definition) is 1. The summed E-state index contributed by atoms with van der Waals surface area (Å²) in [6.07, 6.45) is 7.13. The van der Waals surface area contributed by atoms with Gasteiger partial charge in [0, 0.05) is 34.9 Å². The number of hydrogen-bond acceptors (Lipinski definition) is 3. The standard InChI is InChI=1S/C23H19ClN4O/c1-16(22-14-28(15-26-22)21-8-6-20(24)7-9-21)27-23(29)19-4-2-17(3-5-19)18-10-12-25-13-11-18/h2-16H,1H3,(H,27,29). The molecule has 2 aromatic carbocycles. The molecule has 2 aromatic heterocycles. The molecule has 1 N–H and O–H groups in total. The Morgan fingerprint density at radius 3 is 2.31 bits per heavy atom. The van der Waals surface area contributed by atoms with Crippen LogP contribution in [-0.4, -0.2) is 20.4 Å². The Labute approximate surface area is 174 Å². The van der Waals surface area contributed by atoms with Crippen LogP contribution in [0.1, 0.15) is 29.0 Å². The van der Waals surface area contributed by atoms with Gasteiger partial charge in [0.2, 0.25) is 0 Å². The largest absolute Gasteiger partial charge is 0.344 e. The van der Waals surface area contributed by atoms with E-state index in [1.54, 1.807) is 18.7 Å². The summed E-state index contributed by atoms with van der Waals surface area (Å²) in [5.74, 6) is -0.139. The van der Waals surface area contributed by atoms with E-state index in [1.165, 1.54) is 0 Å². The van der Waals surface area contributed by atoms with Crippen LogP contribution in [0.3, 0.4) is 0 Å². The summed E-state index contributed by atoms with van der Waals surface area (Å²) in [6.45, 7) is 1.91. The minimum Gasteiger partial charge on any atom is -0.344 e. The maximum atomic E-state index is 12.6. The zero-order valence-corrected chi connectivity index (χ0v) is 16.5. The Bertz CT molecular complexity index is 1110. The quantitative estimate of drug-likeness (QED) is 0.506. The molecule has 4 aromatic rings. The fourth-order valence-electron chi connectivity index (χ4n) is 3.03. The molecule has 0 aliphatic carbocycles. The van der Waals surface area contributed by atoms with Gasteiger partial charge in [-0.3, -0.25) is 9.78 Å². The number of benzene rings is 2. The van der Waals surface area contributed by atoms with Gasteiger partial charge in [0.1, 0.15) is 0 Å². The molecule has 0 saturated heterocycles. The fourth-order valence-corrected chi connectivity index (χ4v) is 3.15. The monoisotopic (exact) mass is 402 g/mol. The van der Waals surface area contributed by atoms with Crippen LogP contribution in [0.5, 0.6) is 0 Å². The maximum Gasteiger partial charge on any atom is 0.251 e. The van der Waals surface area contributed by atoms with Crippen LogP contribution in [0.2, 0.25) is 5.02 Å². The van der Waals surface area contributed by atoms with Crippen LogP contribution in [-0.2, 0) is 0 Å². The molecule has 0 bridgehead atoms. The molecule has 1 amide bonds. The van der Waals surface area contributed by atoms with E-state index in [0.717, 1.165) is 22.5 Å². The SMILES string of the molecule is CC(NC(=O)c1ccc(-c2ccncc2)cc1)c1cn(-c2ccc(Cl)cc2)cn1. The van der Waals surface area contributed by atoms with E-state index >= 15 is 0 Å². The van der Waals surface area contributed by atoms with Gasteiger partial charge in [-0.15, -0.1) is 0 Å². The van der Waals surface area contributed by atoms with Crippen molar-refractivity contribution in [2.24, 2.45) is 0 Å². The average molecular weight is 403 g/mol. The van der Waals surface area contributed by atoms with E-state index in [4.69, 9.17) is 11.6 Å². The second kappa shape index (κ2) is 8.29. The number of nitrogens with one attached hydrogen (secondary N) is 1. The molecule has 2 heterocycles. The van der Waals surface area contributed by atoms with Crippen molar-refractivity contribution in [3.05, 3.63) is 102 Å².